The highest BCUT2D eigenvalue weighted by atomic mass is 32.2. The molecule has 1 rings (SSSR count). The molecular formula is C18H28N2O4S. The van der Waals surface area contributed by atoms with E-state index < -0.39 is 6.04 Å². The summed E-state index contributed by atoms with van der Waals surface area (Å²) in [4.78, 5) is 24.2. The van der Waals surface area contributed by atoms with Crippen molar-refractivity contribution < 1.29 is 19.1 Å². The molecule has 1 aromatic rings. The van der Waals surface area contributed by atoms with Crippen LogP contribution in [0.1, 0.15) is 25.8 Å². The molecule has 0 aliphatic carbocycles. The Labute approximate surface area is 154 Å². The average molecular weight is 368 g/mol. The standard InChI is InChI=1S/C18H28N2O4S/c1-13(2)24-18(22)15(9-10-25-4)20-17(21)12-19-11-14-7-5-6-8-16(14)23-3/h5-8,13,15,19H,9-12H2,1-4H3,(H,20,21)/t15-/m0/s1. The number of para-hydroxylation sites is 1. The van der Waals surface area contributed by atoms with E-state index in [1.54, 1.807) is 32.7 Å². The lowest BCUT2D eigenvalue weighted by Crippen LogP contribution is -2.46. The lowest BCUT2D eigenvalue weighted by atomic mass is 10.2. The van der Waals surface area contributed by atoms with Crippen molar-refractivity contribution in [2.24, 2.45) is 0 Å². The van der Waals surface area contributed by atoms with Gasteiger partial charge in [-0.1, -0.05) is 18.2 Å². The Bertz CT molecular complexity index is 552. The first-order chi connectivity index (χ1) is 12.0. The summed E-state index contributed by atoms with van der Waals surface area (Å²) in [6.07, 6.45) is 2.30. The van der Waals surface area contributed by atoms with Gasteiger partial charge in [0.1, 0.15) is 11.8 Å². The lowest BCUT2D eigenvalue weighted by molar-refractivity contribution is -0.151. The monoisotopic (exact) mass is 368 g/mol. The normalized spacial score (nSPS) is 11.9. The molecule has 1 atom stereocenters. The van der Waals surface area contributed by atoms with E-state index >= 15 is 0 Å². The van der Waals surface area contributed by atoms with Gasteiger partial charge >= 0.3 is 5.97 Å². The van der Waals surface area contributed by atoms with E-state index in [1.807, 2.05) is 30.5 Å². The second-order valence-corrected chi connectivity index (χ2v) is 6.79. The highest BCUT2D eigenvalue weighted by molar-refractivity contribution is 7.98. The van der Waals surface area contributed by atoms with Crippen LogP contribution in [-0.2, 0) is 20.9 Å². The highest BCUT2D eigenvalue weighted by Gasteiger charge is 2.22. The first-order valence-corrected chi connectivity index (χ1v) is 9.68. The molecule has 140 valence electrons. The van der Waals surface area contributed by atoms with Gasteiger partial charge in [0, 0.05) is 12.1 Å². The maximum Gasteiger partial charge on any atom is 0.328 e. The van der Waals surface area contributed by atoms with Gasteiger partial charge < -0.3 is 20.1 Å². The smallest absolute Gasteiger partial charge is 0.328 e. The number of thioether (sulfide) groups is 1. The molecule has 0 saturated carbocycles. The number of nitrogens with one attached hydrogen (secondary N) is 2. The summed E-state index contributed by atoms with van der Waals surface area (Å²) in [6.45, 7) is 4.20. The Morgan fingerprint density at radius 1 is 1.24 bits per heavy atom. The van der Waals surface area contributed by atoms with Crippen LogP contribution < -0.4 is 15.4 Å². The van der Waals surface area contributed by atoms with E-state index in [4.69, 9.17) is 9.47 Å². The molecule has 0 spiro atoms. The van der Waals surface area contributed by atoms with Crippen LogP contribution >= 0.6 is 11.8 Å². The Balaban J connectivity index is 2.49. The van der Waals surface area contributed by atoms with Gasteiger partial charge in [-0.25, -0.2) is 4.79 Å². The van der Waals surface area contributed by atoms with Gasteiger partial charge in [0.15, 0.2) is 0 Å². The minimum Gasteiger partial charge on any atom is -0.496 e. The summed E-state index contributed by atoms with van der Waals surface area (Å²) in [5, 5.41) is 5.82. The van der Waals surface area contributed by atoms with Crippen LogP contribution in [-0.4, -0.2) is 49.7 Å². The van der Waals surface area contributed by atoms with Crippen LogP contribution in [0.3, 0.4) is 0 Å². The molecule has 0 radical (unpaired) electrons. The Hall–Kier alpha value is -1.73. The molecule has 0 aliphatic rings. The van der Waals surface area contributed by atoms with E-state index in [2.05, 4.69) is 10.6 Å². The predicted octanol–water partition coefficient (Wildman–Crippen LogP) is 1.97. The number of carbonyl (C=O) groups excluding carboxylic acids is 2. The van der Waals surface area contributed by atoms with Crippen molar-refractivity contribution in [2.45, 2.75) is 39.0 Å². The van der Waals surface area contributed by atoms with E-state index in [0.717, 1.165) is 17.1 Å². The van der Waals surface area contributed by atoms with E-state index in [0.29, 0.717) is 13.0 Å². The van der Waals surface area contributed by atoms with Crippen molar-refractivity contribution in [3.63, 3.8) is 0 Å². The van der Waals surface area contributed by atoms with Crippen LogP contribution in [0.4, 0.5) is 0 Å². The van der Waals surface area contributed by atoms with E-state index in [-0.39, 0.29) is 24.5 Å². The fraction of sp³-hybridized carbons (Fsp3) is 0.556. The minimum atomic E-state index is -0.615. The molecule has 0 unspecified atom stereocenters. The van der Waals surface area contributed by atoms with Crippen molar-refractivity contribution in [1.29, 1.82) is 0 Å². The summed E-state index contributed by atoms with van der Waals surface area (Å²) in [6, 6.07) is 7.00. The van der Waals surface area contributed by atoms with Crippen molar-refractivity contribution in [2.75, 3.05) is 25.7 Å². The maximum atomic E-state index is 12.1. The van der Waals surface area contributed by atoms with Crippen LogP contribution in [0.2, 0.25) is 0 Å². The molecule has 0 fully saturated rings. The average Bonchev–Trinajstić information content (AvgIpc) is 2.58. The Kier molecular flexibility index (Phi) is 10.0. The van der Waals surface area contributed by atoms with Gasteiger partial charge in [0.05, 0.1) is 19.8 Å². The van der Waals surface area contributed by atoms with E-state index in [9.17, 15) is 9.59 Å². The first-order valence-electron chi connectivity index (χ1n) is 8.29. The first kappa shape index (κ1) is 21.3. The van der Waals surface area contributed by atoms with Gasteiger partial charge in [-0.15, -0.1) is 0 Å². The molecule has 0 heterocycles. The molecular weight excluding hydrogens is 340 g/mol. The zero-order valence-corrected chi connectivity index (χ0v) is 16.2. The summed E-state index contributed by atoms with van der Waals surface area (Å²) < 4.78 is 10.5. The van der Waals surface area contributed by atoms with E-state index in [1.165, 1.54) is 0 Å². The Morgan fingerprint density at radius 3 is 2.60 bits per heavy atom. The summed E-state index contributed by atoms with van der Waals surface area (Å²) in [5.74, 6) is 0.921. The zero-order valence-electron chi connectivity index (χ0n) is 15.3. The molecule has 1 aromatic carbocycles. The maximum absolute atomic E-state index is 12.1. The quantitative estimate of drug-likeness (QED) is 0.582. The molecule has 0 aromatic heterocycles. The van der Waals surface area contributed by atoms with Crippen molar-refractivity contribution in [3.05, 3.63) is 29.8 Å². The second kappa shape index (κ2) is 11.8. The molecule has 2 N–H and O–H groups in total. The SMILES string of the molecule is COc1ccccc1CNCC(=O)N[C@@H](CCSC)C(=O)OC(C)C. The van der Waals surface area contributed by atoms with Crippen molar-refractivity contribution in [3.8, 4) is 5.75 Å². The van der Waals surface area contributed by atoms with Crippen LogP contribution in [0.25, 0.3) is 0 Å². The van der Waals surface area contributed by atoms with Crippen LogP contribution in [0.15, 0.2) is 24.3 Å². The Morgan fingerprint density at radius 2 is 1.96 bits per heavy atom. The number of benzene rings is 1. The van der Waals surface area contributed by atoms with Gasteiger partial charge in [-0.05, 0) is 38.3 Å². The summed E-state index contributed by atoms with van der Waals surface area (Å²) in [5.41, 5.74) is 0.968. The molecule has 7 heteroatoms. The number of rotatable bonds is 11. The highest BCUT2D eigenvalue weighted by Crippen LogP contribution is 2.16. The molecule has 25 heavy (non-hydrogen) atoms. The number of ether oxygens (including phenoxy) is 2. The topological polar surface area (TPSA) is 76.7 Å². The predicted molar refractivity (Wildman–Crippen MR) is 101 cm³/mol. The number of carbonyl (C=O) groups is 2. The van der Waals surface area contributed by atoms with Crippen molar-refractivity contribution in [1.82, 2.24) is 10.6 Å². The van der Waals surface area contributed by atoms with Gasteiger partial charge in [0.25, 0.3) is 0 Å². The second-order valence-electron chi connectivity index (χ2n) is 5.80. The molecule has 1 amide bonds. The number of esters is 1. The third kappa shape index (κ3) is 8.27. The van der Waals surface area contributed by atoms with Gasteiger partial charge in [-0.3, -0.25) is 4.79 Å². The lowest BCUT2D eigenvalue weighted by Gasteiger charge is -2.19. The number of amides is 1. The molecule has 0 bridgehead atoms. The molecule has 0 saturated heterocycles. The fourth-order valence-electron chi connectivity index (χ4n) is 2.20. The number of hydrogen-bond acceptors (Lipinski definition) is 6. The fourth-order valence-corrected chi connectivity index (χ4v) is 2.68. The van der Waals surface area contributed by atoms with Crippen LogP contribution in [0, 0.1) is 0 Å². The summed E-state index contributed by atoms with van der Waals surface area (Å²) >= 11 is 1.62. The number of methoxy groups -OCH3 is 1. The molecule has 0 aliphatic heterocycles. The van der Waals surface area contributed by atoms with Gasteiger partial charge in [0.2, 0.25) is 5.91 Å². The third-order valence-electron chi connectivity index (χ3n) is 3.38. The zero-order chi connectivity index (χ0) is 18.7. The van der Waals surface area contributed by atoms with Crippen LogP contribution in [0.5, 0.6) is 5.75 Å². The van der Waals surface area contributed by atoms with Gasteiger partial charge in [-0.2, -0.15) is 11.8 Å². The summed E-state index contributed by atoms with van der Waals surface area (Å²) in [7, 11) is 1.61. The largest absolute Gasteiger partial charge is 0.496 e. The molecule has 6 nitrogen and oxygen atoms in total. The minimum absolute atomic E-state index is 0.114. The number of hydrogen-bond donors (Lipinski definition) is 2. The van der Waals surface area contributed by atoms with Crippen molar-refractivity contribution >= 4 is 23.6 Å². The third-order valence-corrected chi connectivity index (χ3v) is 4.02.